The molecule has 1 aliphatic rings. The fourth-order valence-corrected chi connectivity index (χ4v) is 2.76. The van der Waals surface area contributed by atoms with Crippen LogP contribution in [0.5, 0.6) is 0 Å². The Labute approximate surface area is 166 Å². The summed E-state index contributed by atoms with van der Waals surface area (Å²) in [5, 5.41) is 20.8. The van der Waals surface area contributed by atoms with Crippen LogP contribution in [-0.4, -0.2) is 49.1 Å². The molecular weight excluding hydrogens is 409 g/mol. The van der Waals surface area contributed by atoms with Gasteiger partial charge >= 0.3 is 12.1 Å². The van der Waals surface area contributed by atoms with E-state index in [4.69, 9.17) is 14.4 Å². The van der Waals surface area contributed by atoms with Gasteiger partial charge in [0, 0.05) is 30.1 Å². The van der Waals surface area contributed by atoms with Gasteiger partial charge in [-0.1, -0.05) is 5.16 Å². The van der Waals surface area contributed by atoms with Gasteiger partial charge in [0.2, 0.25) is 5.82 Å². The second-order valence-electron chi connectivity index (χ2n) is 6.18. The molecule has 0 aromatic carbocycles. The Morgan fingerprint density at radius 1 is 1.30 bits per heavy atom. The number of carbonyl (C=O) groups is 1. The van der Waals surface area contributed by atoms with Crippen molar-refractivity contribution >= 4 is 5.97 Å². The maximum absolute atomic E-state index is 11.1. The molecule has 0 saturated heterocycles. The number of aromatic amines is 1. The Balaban J connectivity index is 0.000000318. The molecule has 30 heavy (non-hydrogen) atoms. The van der Waals surface area contributed by atoms with Gasteiger partial charge in [0.1, 0.15) is 5.69 Å². The molecular formula is C17H15F3N6O4. The SMILES string of the molecule is Cc1ncc2c(c1-c1noc(-c3ccc(=O)[nH]n3)n1)CCNC2.O=C(O)C(F)(F)F. The maximum Gasteiger partial charge on any atom is 0.490 e. The predicted molar refractivity (Wildman–Crippen MR) is 95.2 cm³/mol. The number of rotatable bonds is 2. The highest BCUT2D eigenvalue weighted by Gasteiger charge is 2.38. The van der Waals surface area contributed by atoms with E-state index >= 15 is 0 Å². The lowest BCUT2D eigenvalue weighted by Crippen LogP contribution is -2.24. The first-order valence-corrected chi connectivity index (χ1v) is 8.55. The summed E-state index contributed by atoms with van der Waals surface area (Å²) in [6.45, 7) is 3.64. The van der Waals surface area contributed by atoms with Crippen molar-refractivity contribution in [3.05, 3.63) is 45.5 Å². The lowest BCUT2D eigenvalue weighted by Gasteiger charge is -2.19. The highest BCUT2D eigenvalue weighted by molar-refractivity contribution is 5.73. The van der Waals surface area contributed by atoms with E-state index in [1.165, 1.54) is 11.6 Å². The van der Waals surface area contributed by atoms with E-state index in [2.05, 4.69) is 30.6 Å². The van der Waals surface area contributed by atoms with Gasteiger partial charge in [0.05, 0.1) is 0 Å². The Morgan fingerprint density at radius 2 is 2.03 bits per heavy atom. The topological polar surface area (TPSA) is 147 Å². The second-order valence-corrected chi connectivity index (χ2v) is 6.18. The first kappa shape index (κ1) is 21.1. The number of hydrogen-bond acceptors (Lipinski definition) is 8. The number of carboxylic acid groups (broad SMARTS) is 1. The fourth-order valence-electron chi connectivity index (χ4n) is 2.76. The molecule has 0 saturated carbocycles. The van der Waals surface area contributed by atoms with Crippen molar-refractivity contribution in [1.82, 2.24) is 30.6 Å². The van der Waals surface area contributed by atoms with Crippen molar-refractivity contribution in [3.8, 4) is 23.0 Å². The number of aliphatic carboxylic acids is 1. The van der Waals surface area contributed by atoms with Crippen molar-refractivity contribution in [2.75, 3.05) is 6.54 Å². The van der Waals surface area contributed by atoms with Crippen LogP contribution in [-0.2, 0) is 17.8 Å². The van der Waals surface area contributed by atoms with E-state index in [0.717, 1.165) is 36.3 Å². The van der Waals surface area contributed by atoms with Gasteiger partial charge in [0.25, 0.3) is 11.4 Å². The standard InChI is InChI=1S/C15H14N6O2.C2HF3O2/c1-8-13(10-4-5-16-6-9(10)7-17-8)14-18-15(23-21-14)11-2-3-12(22)20-19-11;3-2(4,5)1(6)7/h2-3,7,16H,4-6H2,1H3,(H,20,22);(H,6,7). The van der Waals surface area contributed by atoms with Crippen molar-refractivity contribution in [2.45, 2.75) is 26.1 Å². The first-order chi connectivity index (χ1) is 14.2. The lowest BCUT2D eigenvalue weighted by molar-refractivity contribution is -0.192. The van der Waals surface area contributed by atoms with E-state index in [0.29, 0.717) is 11.5 Å². The maximum atomic E-state index is 11.1. The molecule has 3 N–H and O–H groups in total. The molecule has 0 fully saturated rings. The molecule has 0 amide bonds. The minimum absolute atomic E-state index is 0.266. The second kappa shape index (κ2) is 8.41. The van der Waals surface area contributed by atoms with Crippen LogP contribution in [0.1, 0.15) is 16.8 Å². The van der Waals surface area contributed by atoms with E-state index in [1.54, 1.807) is 6.07 Å². The number of carboxylic acids is 1. The average molecular weight is 424 g/mol. The largest absolute Gasteiger partial charge is 0.490 e. The third-order valence-corrected chi connectivity index (χ3v) is 4.12. The summed E-state index contributed by atoms with van der Waals surface area (Å²) in [5.74, 6) is -1.99. The molecule has 0 unspecified atom stereocenters. The smallest absolute Gasteiger partial charge is 0.475 e. The van der Waals surface area contributed by atoms with Gasteiger partial charge in [0.15, 0.2) is 0 Å². The number of nitrogens with zero attached hydrogens (tertiary/aromatic N) is 4. The van der Waals surface area contributed by atoms with Crippen molar-refractivity contribution in [2.24, 2.45) is 0 Å². The summed E-state index contributed by atoms with van der Waals surface area (Å²) in [4.78, 5) is 28.8. The third-order valence-electron chi connectivity index (χ3n) is 4.12. The van der Waals surface area contributed by atoms with Gasteiger partial charge < -0.3 is 14.9 Å². The first-order valence-electron chi connectivity index (χ1n) is 8.55. The number of nitrogens with one attached hydrogen (secondary N) is 2. The van der Waals surface area contributed by atoms with Crippen LogP contribution in [0.3, 0.4) is 0 Å². The molecule has 4 heterocycles. The monoisotopic (exact) mass is 424 g/mol. The Kier molecular flexibility index (Phi) is 5.91. The van der Waals surface area contributed by atoms with Crippen molar-refractivity contribution < 1.29 is 27.6 Å². The summed E-state index contributed by atoms with van der Waals surface area (Å²) < 4.78 is 37.0. The van der Waals surface area contributed by atoms with Gasteiger partial charge in [-0.25, -0.2) is 9.89 Å². The molecule has 0 spiro atoms. The van der Waals surface area contributed by atoms with Crippen LogP contribution < -0.4 is 10.9 Å². The zero-order chi connectivity index (χ0) is 21.9. The number of H-pyrrole nitrogens is 1. The predicted octanol–water partition coefficient (Wildman–Crippen LogP) is 1.47. The zero-order valence-electron chi connectivity index (χ0n) is 15.4. The fraction of sp³-hybridized carbons (Fsp3) is 0.294. The highest BCUT2D eigenvalue weighted by Crippen LogP contribution is 2.29. The van der Waals surface area contributed by atoms with Crippen molar-refractivity contribution in [3.63, 3.8) is 0 Å². The molecule has 0 radical (unpaired) electrons. The molecule has 0 atom stereocenters. The normalized spacial score (nSPS) is 13.2. The quantitative estimate of drug-likeness (QED) is 0.556. The molecule has 10 nitrogen and oxygen atoms in total. The number of aryl methyl sites for hydroxylation is 1. The Bertz CT molecular complexity index is 1100. The summed E-state index contributed by atoms with van der Waals surface area (Å²) >= 11 is 0. The summed E-state index contributed by atoms with van der Waals surface area (Å²) in [6.07, 6.45) is -2.29. The number of fused-ring (bicyclic) bond motifs is 1. The van der Waals surface area contributed by atoms with Crippen LogP contribution >= 0.6 is 0 Å². The number of aromatic nitrogens is 5. The molecule has 3 aromatic rings. The average Bonchev–Trinajstić information content (AvgIpc) is 3.18. The van der Waals surface area contributed by atoms with Crippen LogP contribution in [0.2, 0.25) is 0 Å². The van der Waals surface area contributed by atoms with E-state index < -0.39 is 12.1 Å². The van der Waals surface area contributed by atoms with Crippen LogP contribution in [0.4, 0.5) is 13.2 Å². The minimum atomic E-state index is -5.08. The Morgan fingerprint density at radius 3 is 2.67 bits per heavy atom. The highest BCUT2D eigenvalue weighted by atomic mass is 19.4. The van der Waals surface area contributed by atoms with Crippen LogP contribution in [0.25, 0.3) is 23.0 Å². The number of pyridine rings is 1. The minimum Gasteiger partial charge on any atom is -0.475 e. The molecule has 3 aromatic heterocycles. The molecule has 1 aliphatic heterocycles. The lowest BCUT2D eigenvalue weighted by atomic mass is 9.95. The summed E-state index contributed by atoms with van der Waals surface area (Å²) in [5.41, 5.74) is 4.30. The summed E-state index contributed by atoms with van der Waals surface area (Å²) in [6, 6.07) is 2.92. The zero-order valence-corrected chi connectivity index (χ0v) is 15.4. The molecule has 0 bridgehead atoms. The molecule has 158 valence electrons. The molecule has 0 aliphatic carbocycles. The number of alkyl halides is 3. The molecule has 4 rings (SSSR count). The summed E-state index contributed by atoms with van der Waals surface area (Å²) in [7, 11) is 0. The van der Waals surface area contributed by atoms with E-state index in [9.17, 15) is 18.0 Å². The molecule has 13 heteroatoms. The number of halogens is 3. The number of hydrogen-bond donors (Lipinski definition) is 3. The third kappa shape index (κ3) is 4.68. The van der Waals surface area contributed by atoms with E-state index in [-0.39, 0.29) is 11.4 Å². The van der Waals surface area contributed by atoms with Gasteiger partial charge in [-0.05, 0) is 37.1 Å². The van der Waals surface area contributed by atoms with Crippen molar-refractivity contribution in [1.29, 1.82) is 0 Å². The Hall–Kier alpha value is -3.61. The van der Waals surface area contributed by atoms with Gasteiger partial charge in [-0.3, -0.25) is 9.78 Å². The van der Waals surface area contributed by atoms with Gasteiger partial charge in [-0.15, -0.1) is 0 Å². The van der Waals surface area contributed by atoms with Crippen LogP contribution in [0.15, 0.2) is 27.6 Å². The van der Waals surface area contributed by atoms with Crippen LogP contribution in [0, 0.1) is 6.92 Å². The van der Waals surface area contributed by atoms with E-state index in [1.807, 2.05) is 13.1 Å². The van der Waals surface area contributed by atoms with Gasteiger partial charge in [-0.2, -0.15) is 23.3 Å².